The second kappa shape index (κ2) is 5.87. The highest BCUT2D eigenvalue weighted by Crippen LogP contribution is 2.21. The molecule has 21 heavy (non-hydrogen) atoms. The number of hydrogen-bond acceptors (Lipinski definition) is 5. The third kappa shape index (κ3) is 3.06. The SMILES string of the molecule is O=c1[nH]nnc(Nc2ccccc2)c1Nc1ccccc1. The Morgan fingerprint density at radius 3 is 2.00 bits per heavy atom. The zero-order valence-electron chi connectivity index (χ0n) is 11.1. The van der Waals surface area contributed by atoms with Crippen LogP contribution in [0.3, 0.4) is 0 Å². The third-order valence-corrected chi connectivity index (χ3v) is 2.85. The predicted molar refractivity (Wildman–Crippen MR) is 82.1 cm³/mol. The number of H-pyrrole nitrogens is 1. The summed E-state index contributed by atoms with van der Waals surface area (Å²) >= 11 is 0. The van der Waals surface area contributed by atoms with Gasteiger partial charge in [-0.3, -0.25) is 4.79 Å². The monoisotopic (exact) mass is 279 g/mol. The van der Waals surface area contributed by atoms with Crippen molar-refractivity contribution >= 4 is 22.9 Å². The maximum Gasteiger partial charge on any atom is 0.293 e. The van der Waals surface area contributed by atoms with Crippen molar-refractivity contribution in [2.45, 2.75) is 0 Å². The molecule has 0 spiro atoms. The molecule has 3 aromatic rings. The van der Waals surface area contributed by atoms with Crippen LogP contribution in [0.5, 0.6) is 0 Å². The number of rotatable bonds is 4. The lowest BCUT2D eigenvalue weighted by Crippen LogP contribution is -2.17. The van der Waals surface area contributed by atoms with Crippen LogP contribution in [0.25, 0.3) is 0 Å². The first-order valence-electron chi connectivity index (χ1n) is 6.42. The van der Waals surface area contributed by atoms with E-state index in [0.29, 0.717) is 11.5 Å². The largest absolute Gasteiger partial charge is 0.348 e. The molecule has 0 atom stereocenters. The number of hydrogen-bond donors (Lipinski definition) is 3. The average molecular weight is 279 g/mol. The van der Waals surface area contributed by atoms with Gasteiger partial charge >= 0.3 is 0 Å². The summed E-state index contributed by atoms with van der Waals surface area (Å²) in [5, 5.41) is 16.0. The molecular formula is C15H13N5O. The van der Waals surface area contributed by atoms with Gasteiger partial charge in [-0.1, -0.05) is 41.6 Å². The van der Waals surface area contributed by atoms with E-state index in [4.69, 9.17) is 0 Å². The summed E-state index contributed by atoms with van der Waals surface area (Å²) in [7, 11) is 0. The van der Waals surface area contributed by atoms with Gasteiger partial charge in [0.25, 0.3) is 5.56 Å². The molecule has 2 aromatic carbocycles. The molecule has 0 radical (unpaired) electrons. The van der Waals surface area contributed by atoms with Crippen LogP contribution in [0.4, 0.5) is 22.9 Å². The molecule has 0 aliphatic rings. The highest BCUT2D eigenvalue weighted by atomic mass is 16.1. The molecule has 104 valence electrons. The van der Waals surface area contributed by atoms with Crippen molar-refractivity contribution in [1.29, 1.82) is 0 Å². The Hall–Kier alpha value is -3.15. The minimum Gasteiger partial charge on any atom is -0.348 e. The van der Waals surface area contributed by atoms with E-state index in [1.54, 1.807) is 0 Å². The van der Waals surface area contributed by atoms with Gasteiger partial charge < -0.3 is 10.6 Å². The smallest absolute Gasteiger partial charge is 0.293 e. The fraction of sp³-hybridized carbons (Fsp3) is 0. The Bertz CT molecular complexity index is 771. The van der Waals surface area contributed by atoms with Crippen molar-refractivity contribution in [3.8, 4) is 0 Å². The number of benzene rings is 2. The summed E-state index contributed by atoms with van der Waals surface area (Å²) in [5.41, 5.74) is 1.60. The molecular weight excluding hydrogens is 266 g/mol. The lowest BCUT2D eigenvalue weighted by molar-refractivity contribution is 0.850. The standard InChI is InChI=1S/C15H13N5O/c21-15-13(16-11-7-3-1-4-8-11)14(18-20-19-15)17-12-9-5-2-6-10-12/h1-10H,(H,16,20)(H2,17,18,19,21). The molecule has 0 amide bonds. The van der Waals surface area contributed by atoms with E-state index in [9.17, 15) is 4.79 Å². The fourth-order valence-corrected chi connectivity index (χ4v) is 1.86. The fourth-order valence-electron chi connectivity index (χ4n) is 1.86. The summed E-state index contributed by atoms with van der Waals surface area (Å²) in [4.78, 5) is 12.0. The van der Waals surface area contributed by atoms with Crippen LogP contribution in [-0.4, -0.2) is 15.4 Å². The maximum absolute atomic E-state index is 12.0. The first-order valence-corrected chi connectivity index (χ1v) is 6.42. The second-order valence-corrected chi connectivity index (χ2v) is 4.35. The van der Waals surface area contributed by atoms with Gasteiger partial charge in [-0.2, -0.15) is 0 Å². The quantitative estimate of drug-likeness (QED) is 0.684. The molecule has 0 fully saturated rings. The van der Waals surface area contributed by atoms with Crippen LogP contribution in [0, 0.1) is 0 Å². The first kappa shape index (κ1) is 12.9. The van der Waals surface area contributed by atoms with Crippen LogP contribution < -0.4 is 16.2 Å². The van der Waals surface area contributed by atoms with E-state index in [1.807, 2.05) is 60.7 Å². The van der Waals surface area contributed by atoms with Crippen molar-refractivity contribution in [1.82, 2.24) is 15.4 Å². The topological polar surface area (TPSA) is 82.7 Å². The first-order chi connectivity index (χ1) is 10.3. The minimum atomic E-state index is -0.340. The molecule has 0 aliphatic heterocycles. The lowest BCUT2D eigenvalue weighted by Gasteiger charge is -2.10. The van der Waals surface area contributed by atoms with Gasteiger partial charge in [0.2, 0.25) is 0 Å². The Morgan fingerprint density at radius 1 is 0.810 bits per heavy atom. The summed E-state index contributed by atoms with van der Waals surface area (Å²) in [6.07, 6.45) is 0. The van der Waals surface area contributed by atoms with Crippen LogP contribution in [0.15, 0.2) is 65.5 Å². The van der Waals surface area contributed by atoms with Crippen LogP contribution in [0.1, 0.15) is 0 Å². The van der Waals surface area contributed by atoms with Crippen molar-refractivity contribution in [3.05, 3.63) is 71.0 Å². The van der Waals surface area contributed by atoms with E-state index in [2.05, 4.69) is 26.0 Å². The van der Waals surface area contributed by atoms with E-state index in [1.165, 1.54) is 0 Å². The van der Waals surface area contributed by atoms with E-state index >= 15 is 0 Å². The van der Waals surface area contributed by atoms with Crippen molar-refractivity contribution in [3.63, 3.8) is 0 Å². The van der Waals surface area contributed by atoms with E-state index in [-0.39, 0.29) is 5.56 Å². The predicted octanol–water partition coefficient (Wildman–Crippen LogP) is 2.65. The van der Waals surface area contributed by atoms with Crippen LogP contribution >= 0.6 is 0 Å². The van der Waals surface area contributed by atoms with Gasteiger partial charge in [0, 0.05) is 11.4 Å². The summed E-state index contributed by atoms with van der Waals surface area (Å²) in [5.74, 6) is 0.369. The van der Waals surface area contributed by atoms with Crippen molar-refractivity contribution < 1.29 is 0 Å². The summed E-state index contributed by atoms with van der Waals surface area (Å²) < 4.78 is 0. The van der Waals surface area contributed by atoms with Crippen LogP contribution in [0.2, 0.25) is 0 Å². The third-order valence-electron chi connectivity index (χ3n) is 2.85. The molecule has 1 heterocycles. The zero-order chi connectivity index (χ0) is 14.5. The normalized spacial score (nSPS) is 10.1. The zero-order valence-corrected chi connectivity index (χ0v) is 11.1. The number of para-hydroxylation sites is 2. The second-order valence-electron chi connectivity index (χ2n) is 4.35. The maximum atomic E-state index is 12.0. The lowest BCUT2D eigenvalue weighted by atomic mass is 10.3. The molecule has 3 N–H and O–H groups in total. The Balaban J connectivity index is 1.94. The summed E-state index contributed by atoms with van der Waals surface area (Å²) in [6.45, 7) is 0. The molecule has 6 nitrogen and oxygen atoms in total. The Kier molecular flexibility index (Phi) is 3.60. The van der Waals surface area contributed by atoms with Gasteiger partial charge in [0.1, 0.15) is 0 Å². The molecule has 0 saturated heterocycles. The molecule has 0 saturated carbocycles. The molecule has 1 aromatic heterocycles. The molecule has 0 bridgehead atoms. The Morgan fingerprint density at radius 2 is 1.38 bits per heavy atom. The minimum absolute atomic E-state index is 0.319. The molecule has 0 aliphatic carbocycles. The van der Waals surface area contributed by atoms with Gasteiger partial charge in [0.05, 0.1) is 0 Å². The molecule has 3 rings (SSSR count). The number of aromatic amines is 1. The van der Waals surface area contributed by atoms with E-state index < -0.39 is 0 Å². The highest BCUT2D eigenvalue weighted by molar-refractivity contribution is 5.73. The Labute approximate surface area is 120 Å². The van der Waals surface area contributed by atoms with Gasteiger partial charge in [-0.05, 0) is 24.3 Å². The van der Waals surface area contributed by atoms with Gasteiger partial charge in [-0.15, -0.1) is 5.10 Å². The van der Waals surface area contributed by atoms with E-state index in [0.717, 1.165) is 11.4 Å². The number of nitrogens with zero attached hydrogens (tertiary/aromatic N) is 2. The number of aromatic nitrogens is 3. The average Bonchev–Trinajstić information content (AvgIpc) is 2.53. The number of anilines is 4. The van der Waals surface area contributed by atoms with Crippen LogP contribution in [-0.2, 0) is 0 Å². The molecule has 0 unspecified atom stereocenters. The highest BCUT2D eigenvalue weighted by Gasteiger charge is 2.10. The number of nitrogens with one attached hydrogen (secondary N) is 3. The van der Waals surface area contributed by atoms with Gasteiger partial charge in [-0.25, -0.2) is 5.10 Å². The van der Waals surface area contributed by atoms with Gasteiger partial charge in [0.15, 0.2) is 11.5 Å². The molecule has 6 heteroatoms. The van der Waals surface area contributed by atoms with Crippen molar-refractivity contribution in [2.75, 3.05) is 10.6 Å². The van der Waals surface area contributed by atoms with Crippen molar-refractivity contribution in [2.24, 2.45) is 0 Å². The summed E-state index contributed by atoms with van der Waals surface area (Å²) in [6, 6.07) is 18.9.